The van der Waals surface area contributed by atoms with Crippen molar-refractivity contribution in [3.05, 3.63) is 35.4 Å². The lowest BCUT2D eigenvalue weighted by atomic mass is 9.76. The molecule has 3 aliphatic heterocycles. The Morgan fingerprint density at radius 1 is 0.893 bits per heavy atom. The highest BCUT2D eigenvalue weighted by atomic mass is 31.2. The highest BCUT2D eigenvalue weighted by Gasteiger charge is 2.47. The van der Waals surface area contributed by atoms with Gasteiger partial charge in [0.2, 0.25) is 0 Å². The molecule has 4 bridgehead atoms. The van der Waals surface area contributed by atoms with Crippen molar-refractivity contribution in [1.29, 1.82) is 0 Å². The lowest BCUT2D eigenvalue weighted by molar-refractivity contribution is 0.205. The molecule has 5 rings (SSSR count). The first kappa shape index (κ1) is 21.7. The molecule has 0 radical (unpaired) electrons. The predicted molar refractivity (Wildman–Crippen MR) is 133 cm³/mol. The first-order valence-corrected chi connectivity index (χ1v) is 16.0. The van der Waals surface area contributed by atoms with Crippen LogP contribution in [0.3, 0.4) is 0 Å². The second kappa shape index (κ2) is 8.22. The van der Waals surface area contributed by atoms with Gasteiger partial charge in [0.05, 0.1) is 0 Å². The van der Waals surface area contributed by atoms with Gasteiger partial charge in [-0.2, -0.15) is 0 Å². The first-order valence-electron chi connectivity index (χ1n) is 11.4. The van der Waals surface area contributed by atoms with Gasteiger partial charge in [-0.1, -0.05) is 81.7 Å². The van der Waals surface area contributed by atoms with E-state index in [1.807, 2.05) is 0 Å². The fourth-order valence-corrected chi connectivity index (χ4v) is 16.8. The molecule has 1 aromatic carbocycles. The molecule has 4 unspecified atom stereocenters. The maximum Gasteiger partial charge on any atom is -0.000187 e. The van der Waals surface area contributed by atoms with E-state index >= 15 is 0 Å². The van der Waals surface area contributed by atoms with E-state index in [2.05, 4.69) is 65.8 Å². The summed E-state index contributed by atoms with van der Waals surface area (Å²) in [7, 11) is 1.51. The highest BCUT2D eigenvalue weighted by Crippen LogP contribution is 2.69. The van der Waals surface area contributed by atoms with Crippen molar-refractivity contribution in [2.75, 3.05) is 12.3 Å². The van der Waals surface area contributed by atoms with Crippen LogP contribution in [-0.2, 0) is 12.3 Å². The Kier molecular flexibility index (Phi) is 6.38. The van der Waals surface area contributed by atoms with Gasteiger partial charge in [0, 0.05) is 0 Å². The van der Waals surface area contributed by atoms with E-state index in [9.17, 15) is 0 Å². The van der Waals surface area contributed by atoms with Crippen molar-refractivity contribution >= 4 is 24.4 Å². The minimum atomic E-state index is -0.0631. The van der Waals surface area contributed by atoms with Crippen molar-refractivity contribution in [2.24, 2.45) is 17.8 Å². The summed E-state index contributed by atoms with van der Waals surface area (Å²) in [5.41, 5.74) is 3.36. The molecular formula is C25H41P3. The molecule has 28 heavy (non-hydrogen) atoms. The number of rotatable bonds is 5. The van der Waals surface area contributed by atoms with Gasteiger partial charge in [-0.3, -0.25) is 0 Å². The molecule has 1 aliphatic carbocycles. The second-order valence-electron chi connectivity index (χ2n) is 11.7. The van der Waals surface area contributed by atoms with Crippen molar-refractivity contribution < 1.29 is 0 Å². The summed E-state index contributed by atoms with van der Waals surface area (Å²) in [6, 6.07) is 9.50. The zero-order valence-electron chi connectivity index (χ0n) is 19.0. The van der Waals surface area contributed by atoms with E-state index in [1.54, 1.807) is 42.7 Å². The Morgan fingerprint density at radius 3 is 2.00 bits per heavy atom. The Balaban J connectivity index is 1.46. The van der Waals surface area contributed by atoms with Crippen molar-refractivity contribution in [3.63, 3.8) is 0 Å². The Bertz CT molecular complexity index is 640. The van der Waals surface area contributed by atoms with Gasteiger partial charge in [0.15, 0.2) is 0 Å². The Hall–Kier alpha value is 0.510. The maximum atomic E-state index is 2.46. The molecule has 4 atom stereocenters. The summed E-state index contributed by atoms with van der Waals surface area (Å²) in [5.74, 6) is 3.39. The molecule has 0 spiro atoms. The Labute approximate surface area is 178 Å². The van der Waals surface area contributed by atoms with E-state index in [0.29, 0.717) is 18.2 Å². The number of hydrogen-bond acceptors (Lipinski definition) is 0. The van der Waals surface area contributed by atoms with Crippen LogP contribution in [0, 0.1) is 17.8 Å². The zero-order valence-corrected chi connectivity index (χ0v) is 21.8. The molecule has 3 heterocycles. The van der Waals surface area contributed by atoms with E-state index in [-0.39, 0.29) is 7.92 Å². The molecule has 1 aromatic rings. The molecule has 1 saturated carbocycles. The third-order valence-electron chi connectivity index (χ3n) is 7.33. The third-order valence-corrected chi connectivity index (χ3v) is 17.5. The van der Waals surface area contributed by atoms with Crippen LogP contribution in [0.2, 0.25) is 0 Å². The molecule has 3 heteroatoms. The molecule has 156 valence electrons. The Morgan fingerprint density at radius 2 is 1.46 bits per heavy atom. The summed E-state index contributed by atoms with van der Waals surface area (Å²) < 4.78 is 0. The summed E-state index contributed by atoms with van der Waals surface area (Å²) in [4.78, 5) is 0. The number of hydrogen-bond donors (Lipinski definition) is 0. The smallest absolute Gasteiger partial charge is 0.000187 e. The quantitative estimate of drug-likeness (QED) is 0.409. The lowest BCUT2D eigenvalue weighted by Crippen LogP contribution is -2.42. The summed E-state index contributed by atoms with van der Waals surface area (Å²) in [6.45, 7) is 14.8. The van der Waals surface area contributed by atoms with Crippen LogP contribution < -0.4 is 0 Å². The minimum Gasteiger partial charge on any atom is -0.110 e. The molecule has 0 N–H and O–H groups in total. The maximum absolute atomic E-state index is 2.46. The average Bonchev–Trinajstić information content (AvgIpc) is 2.57. The van der Waals surface area contributed by atoms with Crippen LogP contribution in [0.25, 0.3) is 0 Å². The predicted octanol–water partition coefficient (Wildman–Crippen LogP) is 8.31. The summed E-state index contributed by atoms with van der Waals surface area (Å²) in [6.07, 6.45) is 10.7. The molecule has 3 saturated heterocycles. The zero-order chi connectivity index (χ0) is 20.1. The minimum absolute atomic E-state index is 0.0631. The van der Waals surface area contributed by atoms with Gasteiger partial charge >= 0.3 is 0 Å². The number of benzene rings is 1. The summed E-state index contributed by atoms with van der Waals surface area (Å²) in [5, 5.41) is 1.95. The highest BCUT2D eigenvalue weighted by molar-refractivity contribution is 7.69. The lowest BCUT2D eigenvalue weighted by Gasteiger charge is -2.54. The van der Waals surface area contributed by atoms with Crippen LogP contribution >= 0.6 is 24.4 Å². The first-order chi connectivity index (χ1) is 13.1. The van der Waals surface area contributed by atoms with Crippen molar-refractivity contribution in [1.82, 2.24) is 0 Å². The van der Waals surface area contributed by atoms with Gasteiger partial charge < -0.3 is 0 Å². The van der Waals surface area contributed by atoms with E-state index in [0.717, 1.165) is 23.2 Å². The van der Waals surface area contributed by atoms with Gasteiger partial charge in [-0.15, -0.1) is 8.58 Å². The standard InChI is InChI=1S/C25H41P3/c1-24(2,3)28(25(4,5)6)17-21-10-8-7-9-20(21)14-26-23-22-12-18-11-19(13-22)16-27(23)15-18/h7-10,18-19,22-23,26H,11-17H2,1-6H3. The van der Waals surface area contributed by atoms with Crippen LogP contribution in [0.15, 0.2) is 24.3 Å². The van der Waals surface area contributed by atoms with Crippen molar-refractivity contribution in [2.45, 2.75) is 88.8 Å². The summed E-state index contributed by atoms with van der Waals surface area (Å²) >= 11 is 0. The fourth-order valence-electron chi connectivity index (χ4n) is 6.48. The normalized spacial score (nSPS) is 32.8. The average molecular weight is 435 g/mol. The molecule has 0 amide bonds. The molecule has 4 fully saturated rings. The molecule has 4 aliphatic rings. The SMILES string of the molecule is CC(C)(C)P(Cc1ccccc1CPC1C2CC3CC(C2)CP1C3)C(C)(C)C. The van der Waals surface area contributed by atoms with Crippen LogP contribution in [-0.4, -0.2) is 28.0 Å². The van der Waals surface area contributed by atoms with Gasteiger partial charge in [-0.25, -0.2) is 0 Å². The van der Waals surface area contributed by atoms with Crippen LogP contribution in [0.5, 0.6) is 0 Å². The second-order valence-corrected chi connectivity index (χ2v) is 19.9. The molecule has 0 aromatic heterocycles. The monoisotopic (exact) mass is 434 g/mol. The van der Waals surface area contributed by atoms with E-state index in [1.165, 1.54) is 20.9 Å². The van der Waals surface area contributed by atoms with Crippen molar-refractivity contribution in [3.8, 4) is 0 Å². The van der Waals surface area contributed by atoms with Gasteiger partial charge in [-0.05, 0) is 88.5 Å². The van der Waals surface area contributed by atoms with Crippen LogP contribution in [0.1, 0.15) is 71.9 Å². The van der Waals surface area contributed by atoms with Gasteiger partial charge in [0.25, 0.3) is 0 Å². The topological polar surface area (TPSA) is 0 Å². The molecule has 0 nitrogen and oxygen atoms in total. The van der Waals surface area contributed by atoms with E-state index < -0.39 is 0 Å². The van der Waals surface area contributed by atoms with E-state index in [4.69, 9.17) is 0 Å². The van der Waals surface area contributed by atoms with Gasteiger partial charge in [0.1, 0.15) is 0 Å². The molecular weight excluding hydrogens is 393 g/mol. The third kappa shape index (κ3) is 4.71. The largest absolute Gasteiger partial charge is 0.110 e. The van der Waals surface area contributed by atoms with Crippen LogP contribution in [0.4, 0.5) is 0 Å². The fraction of sp³-hybridized carbons (Fsp3) is 0.760.